The third kappa shape index (κ3) is 2.97. The molecule has 0 aliphatic heterocycles. The Morgan fingerprint density at radius 3 is 2.94 bits per heavy atom. The maximum atomic E-state index is 6.08. The minimum atomic E-state index is 0.592. The summed E-state index contributed by atoms with van der Waals surface area (Å²) >= 11 is 12.0. The molecule has 0 saturated carbocycles. The molecule has 0 amide bonds. The zero-order valence-corrected chi connectivity index (χ0v) is 10.8. The summed E-state index contributed by atoms with van der Waals surface area (Å²) in [5, 5.41) is 12.5. The standard InChI is InChI=1S/C11H12Cl2N4/c1-2-14-6-9-7-17(16-15-9)11-5-8(12)3-4-10(11)13/h3-5,7,14H,2,6H2,1H3. The summed E-state index contributed by atoms with van der Waals surface area (Å²) in [5.74, 6) is 0. The predicted molar refractivity (Wildman–Crippen MR) is 68.8 cm³/mol. The smallest absolute Gasteiger partial charge is 0.0969 e. The molecular formula is C11H12Cl2N4. The van der Waals surface area contributed by atoms with Crippen molar-refractivity contribution in [2.24, 2.45) is 0 Å². The summed E-state index contributed by atoms with van der Waals surface area (Å²) in [7, 11) is 0. The first-order chi connectivity index (χ1) is 8.20. The predicted octanol–water partition coefficient (Wildman–Crippen LogP) is 2.68. The van der Waals surface area contributed by atoms with Crippen molar-refractivity contribution < 1.29 is 0 Å². The van der Waals surface area contributed by atoms with Crippen molar-refractivity contribution in [1.82, 2.24) is 20.3 Å². The van der Waals surface area contributed by atoms with Crippen molar-refractivity contribution in [1.29, 1.82) is 0 Å². The second-order valence-corrected chi connectivity index (χ2v) is 4.37. The Kier molecular flexibility index (Phi) is 3.99. The van der Waals surface area contributed by atoms with Crippen LogP contribution in [0.4, 0.5) is 0 Å². The first-order valence-electron chi connectivity index (χ1n) is 5.28. The maximum absolute atomic E-state index is 6.08. The van der Waals surface area contributed by atoms with Crippen molar-refractivity contribution in [3.8, 4) is 5.69 Å². The second-order valence-electron chi connectivity index (χ2n) is 3.53. The van der Waals surface area contributed by atoms with Crippen LogP contribution in [0, 0.1) is 0 Å². The summed E-state index contributed by atoms with van der Waals surface area (Å²) in [6, 6.07) is 5.24. The number of nitrogens with zero attached hydrogens (tertiary/aromatic N) is 3. The van der Waals surface area contributed by atoms with E-state index in [1.165, 1.54) is 0 Å². The van der Waals surface area contributed by atoms with Gasteiger partial charge in [-0.1, -0.05) is 35.3 Å². The molecule has 0 aliphatic rings. The van der Waals surface area contributed by atoms with Crippen LogP contribution in [0.5, 0.6) is 0 Å². The van der Waals surface area contributed by atoms with E-state index in [4.69, 9.17) is 23.2 Å². The molecule has 1 N–H and O–H groups in total. The Bertz CT molecular complexity index is 510. The molecule has 1 heterocycles. The normalized spacial score (nSPS) is 10.8. The van der Waals surface area contributed by atoms with E-state index < -0.39 is 0 Å². The number of aromatic nitrogens is 3. The molecule has 4 nitrogen and oxygen atoms in total. The highest BCUT2D eigenvalue weighted by molar-refractivity contribution is 6.34. The molecule has 0 unspecified atom stereocenters. The molecular weight excluding hydrogens is 259 g/mol. The molecule has 0 fully saturated rings. The van der Waals surface area contributed by atoms with Crippen molar-refractivity contribution >= 4 is 23.2 Å². The van der Waals surface area contributed by atoms with Crippen LogP contribution in [-0.2, 0) is 6.54 Å². The molecule has 0 spiro atoms. The first-order valence-corrected chi connectivity index (χ1v) is 6.03. The van der Waals surface area contributed by atoms with Gasteiger partial charge in [0.1, 0.15) is 0 Å². The molecule has 1 aromatic heterocycles. The quantitative estimate of drug-likeness (QED) is 0.929. The average Bonchev–Trinajstić information content (AvgIpc) is 2.78. The molecule has 90 valence electrons. The Hall–Kier alpha value is -1.10. The molecule has 17 heavy (non-hydrogen) atoms. The molecule has 0 radical (unpaired) electrons. The first kappa shape index (κ1) is 12.4. The number of nitrogens with one attached hydrogen (secondary N) is 1. The van der Waals surface area contributed by atoms with Gasteiger partial charge in [-0.3, -0.25) is 0 Å². The van der Waals surface area contributed by atoms with Gasteiger partial charge in [0.2, 0.25) is 0 Å². The fourth-order valence-electron chi connectivity index (χ4n) is 1.41. The van der Waals surface area contributed by atoms with E-state index in [-0.39, 0.29) is 0 Å². The summed E-state index contributed by atoms with van der Waals surface area (Å²) in [6.45, 7) is 3.62. The highest BCUT2D eigenvalue weighted by Crippen LogP contribution is 2.23. The fraction of sp³-hybridized carbons (Fsp3) is 0.273. The molecule has 0 aliphatic carbocycles. The summed E-state index contributed by atoms with van der Waals surface area (Å²) in [4.78, 5) is 0. The average molecular weight is 271 g/mol. The minimum absolute atomic E-state index is 0.592. The lowest BCUT2D eigenvalue weighted by Crippen LogP contribution is -2.11. The lowest BCUT2D eigenvalue weighted by Gasteiger charge is -2.03. The van der Waals surface area contributed by atoms with E-state index in [2.05, 4.69) is 15.6 Å². The van der Waals surface area contributed by atoms with Crippen LogP contribution in [0.15, 0.2) is 24.4 Å². The maximum Gasteiger partial charge on any atom is 0.0969 e. The molecule has 2 aromatic rings. The van der Waals surface area contributed by atoms with Crippen LogP contribution in [0.25, 0.3) is 5.69 Å². The lowest BCUT2D eigenvalue weighted by molar-refractivity contribution is 0.705. The summed E-state index contributed by atoms with van der Waals surface area (Å²) in [5.41, 5.74) is 1.59. The zero-order valence-electron chi connectivity index (χ0n) is 9.32. The van der Waals surface area contributed by atoms with Crippen LogP contribution < -0.4 is 5.32 Å². The summed E-state index contributed by atoms with van der Waals surface area (Å²) in [6.07, 6.45) is 1.83. The molecule has 1 aromatic carbocycles. The Morgan fingerprint density at radius 2 is 2.18 bits per heavy atom. The third-order valence-electron chi connectivity index (χ3n) is 2.25. The van der Waals surface area contributed by atoms with Gasteiger partial charge in [-0.05, 0) is 24.7 Å². The highest BCUT2D eigenvalue weighted by Gasteiger charge is 2.07. The van der Waals surface area contributed by atoms with E-state index in [9.17, 15) is 0 Å². The van der Waals surface area contributed by atoms with Crippen LogP contribution >= 0.6 is 23.2 Å². The minimum Gasteiger partial charge on any atom is -0.311 e. The van der Waals surface area contributed by atoms with Gasteiger partial charge >= 0.3 is 0 Å². The van der Waals surface area contributed by atoms with Crippen molar-refractivity contribution in [3.05, 3.63) is 40.1 Å². The van der Waals surface area contributed by atoms with Crippen molar-refractivity contribution in [2.75, 3.05) is 6.54 Å². The van der Waals surface area contributed by atoms with Gasteiger partial charge in [-0.15, -0.1) is 5.10 Å². The van der Waals surface area contributed by atoms with Crippen molar-refractivity contribution in [3.63, 3.8) is 0 Å². The largest absolute Gasteiger partial charge is 0.311 e. The fourth-order valence-corrected chi connectivity index (χ4v) is 1.78. The lowest BCUT2D eigenvalue weighted by atomic mass is 10.3. The number of benzene rings is 1. The molecule has 0 saturated heterocycles. The van der Waals surface area contributed by atoms with Crippen molar-refractivity contribution in [2.45, 2.75) is 13.5 Å². The van der Waals surface area contributed by atoms with Gasteiger partial charge in [0.05, 0.1) is 22.6 Å². The monoisotopic (exact) mass is 270 g/mol. The molecule has 0 atom stereocenters. The molecule has 0 bridgehead atoms. The SMILES string of the molecule is CCNCc1cn(-c2cc(Cl)ccc2Cl)nn1. The van der Waals surface area contributed by atoms with Gasteiger partial charge < -0.3 is 5.32 Å². The summed E-state index contributed by atoms with van der Waals surface area (Å²) < 4.78 is 1.63. The third-order valence-corrected chi connectivity index (χ3v) is 2.81. The van der Waals surface area contributed by atoms with E-state index in [1.54, 1.807) is 22.9 Å². The number of halogens is 2. The second kappa shape index (κ2) is 5.49. The van der Waals surface area contributed by atoms with E-state index >= 15 is 0 Å². The highest BCUT2D eigenvalue weighted by atomic mass is 35.5. The Labute approximate surface area is 110 Å². The van der Waals surface area contributed by atoms with E-state index in [0.29, 0.717) is 16.6 Å². The van der Waals surface area contributed by atoms with Gasteiger partial charge in [0.15, 0.2) is 0 Å². The van der Waals surface area contributed by atoms with Crippen LogP contribution in [0.3, 0.4) is 0 Å². The van der Waals surface area contributed by atoms with Gasteiger partial charge in [0.25, 0.3) is 0 Å². The van der Waals surface area contributed by atoms with Crippen LogP contribution in [0.2, 0.25) is 10.0 Å². The Balaban J connectivity index is 2.27. The van der Waals surface area contributed by atoms with Gasteiger partial charge in [0, 0.05) is 11.6 Å². The Morgan fingerprint density at radius 1 is 1.35 bits per heavy atom. The van der Waals surface area contributed by atoms with Gasteiger partial charge in [-0.2, -0.15) is 0 Å². The van der Waals surface area contributed by atoms with Crippen LogP contribution in [0.1, 0.15) is 12.6 Å². The van der Waals surface area contributed by atoms with Crippen LogP contribution in [-0.4, -0.2) is 21.5 Å². The van der Waals surface area contributed by atoms with E-state index in [0.717, 1.165) is 17.9 Å². The number of hydrogen-bond acceptors (Lipinski definition) is 3. The zero-order chi connectivity index (χ0) is 12.3. The number of hydrogen-bond donors (Lipinski definition) is 1. The van der Waals surface area contributed by atoms with Gasteiger partial charge in [-0.25, -0.2) is 4.68 Å². The van der Waals surface area contributed by atoms with E-state index in [1.807, 2.05) is 13.1 Å². The topological polar surface area (TPSA) is 42.7 Å². The molecule has 6 heteroatoms. The molecule has 2 rings (SSSR count). The number of rotatable bonds is 4.